The summed E-state index contributed by atoms with van der Waals surface area (Å²) < 4.78 is 28.3. The van der Waals surface area contributed by atoms with E-state index in [2.05, 4.69) is 22.9 Å². The lowest BCUT2D eigenvalue weighted by molar-refractivity contribution is -0.124. The summed E-state index contributed by atoms with van der Waals surface area (Å²) >= 11 is 0. The summed E-state index contributed by atoms with van der Waals surface area (Å²) in [6.45, 7) is 12.3. The van der Waals surface area contributed by atoms with Gasteiger partial charge >= 0.3 is 0 Å². The first-order valence-corrected chi connectivity index (χ1v) is 14.1. The quantitative estimate of drug-likeness (QED) is 0.136. The summed E-state index contributed by atoms with van der Waals surface area (Å²) in [6.07, 6.45) is 4.83. The highest BCUT2D eigenvalue weighted by Gasteiger charge is 2.25. The van der Waals surface area contributed by atoms with E-state index in [9.17, 15) is 18.4 Å². The number of rotatable bonds is 12. The first-order valence-electron chi connectivity index (χ1n) is 14.1. The Hall–Kier alpha value is -4.89. The Morgan fingerprint density at radius 2 is 1.66 bits per heavy atom. The fraction of sp³-hybridized carbons (Fsp3) is 0.229. The van der Waals surface area contributed by atoms with Crippen LogP contribution in [0.25, 0.3) is 5.70 Å². The third-order valence-corrected chi connectivity index (χ3v) is 6.74. The highest BCUT2D eigenvalue weighted by molar-refractivity contribution is 6.09. The van der Waals surface area contributed by atoms with Gasteiger partial charge in [0.25, 0.3) is 5.91 Å². The number of halogens is 2. The van der Waals surface area contributed by atoms with Crippen molar-refractivity contribution in [2.45, 2.75) is 40.7 Å². The molecule has 0 unspecified atom stereocenters. The minimum atomic E-state index is -0.617. The molecule has 0 spiro atoms. The highest BCUT2D eigenvalue weighted by Crippen LogP contribution is 2.28. The first kappa shape index (κ1) is 35.3. The Kier molecular flexibility index (Phi) is 13.9. The zero-order valence-corrected chi connectivity index (χ0v) is 25.8. The van der Waals surface area contributed by atoms with Crippen molar-refractivity contribution in [1.82, 2.24) is 15.5 Å². The first-order chi connectivity index (χ1) is 21.0. The molecule has 0 bridgehead atoms. The maximum atomic E-state index is 14.9. The Labute approximate surface area is 258 Å². The predicted molar refractivity (Wildman–Crippen MR) is 171 cm³/mol. The van der Waals surface area contributed by atoms with E-state index in [1.807, 2.05) is 65.1 Å². The van der Waals surface area contributed by atoms with Crippen molar-refractivity contribution < 1.29 is 23.2 Å². The van der Waals surface area contributed by atoms with Crippen molar-refractivity contribution in [2.24, 2.45) is 5.73 Å². The minimum Gasteiger partial charge on any atom is -0.372 e. The van der Waals surface area contributed by atoms with Gasteiger partial charge in [0, 0.05) is 34.6 Å². The number of nitrogens with one attached hydrogen (secondary N) is 2. The lowest BCUT2D eigenvalue weighted by Gasteiger charge is -2.29. The van der Waals surface area contributed by atoms with Gasteiger partial charge in [0.05, 0.1) is 12.2 Å². The second kappa shape index (κ2) is 17.3. The van der Waals surface area contributed by atoms with Crippen LogP contribution in [0.15, 0.2) is 90.8 Å². The van der Waals surface area contributed by atoms with Gasteiger partial charge in [0.1, 0.15) is 11.6 Å². The van der Waals surface area contributed by atoms with Crippen molar-refractivity contribution in [1.29, 1.82) is 0 Å². The van der Waals surface area contributed by atoms with Gasteiger partial charge in [-0.15, -0.1) is 0 Å². The Morgan fingerprint density at radius 3 is 2.25 bits per heavy atom. The number of hydrogen-bond donors (Lipinski definition) is 3. The summed E-state index contributed by atoms with van der Waals surface area (Å²) in [4.78, 5) is 37.2. The molecule has 0 aliphatic heterocycles. The van der Waals surface area contributed by atoms with E-state index in [1.54, 1.807) is 11.0 Å². The third kappa shape index (κ3) is 9.57. The van der Waals surface area contributed by atoms with Crippen LogP contribution < -0.4 is 16.4 Å². The van der Waals surface area contributed by atoms with E-state index in [0.29, 0.717) is 17.8 Å². The van der Waals surface area contributed by atoms with E-state index in [4.69, 9.17) is 4.79 Å². The normalized spacial score (nSPS) is 11.2. The predicted octanol–water partition coefficient (Wildman–Crippen LogP) is 5.92. The SMILES string of the molecule is C=C(NC(=CCC)CNC)C(=O)N(Cc1cc(F)cc(C(=O)c2ccc(F)cc2)c1)/C(=C\C)c1cccc(C)c1C.NC=O. The van der Waals surface area contributed by atoms with E-state index in [-0.39, 0.29) is 29.8 Å². The third-order valence-electron chi connectivity index (χ3n) is 6.74. The van der Waals surface area contributed by atoms with Crippen LogP contribution >= 0.6 is 0 Å². The molecule has 3 rings (SSSR count). The molecule has 0 aliphatic carbocycles. The van der Waals surface area contributed by atoms with E-state index in [1.165, 1.54) is 30.3 Å². The number of allylic oxidation sites excluding steroid dienone is 2. The molecule has 0 saturated carbocycles. The second-order valence-corrected chi connectivity index (χ2v) is 9.90. The monoisotopic (exact) mass is 602 g/mol. The molecule has 232 valence electrons. The molecule has 3 aromatic rings. The molecular formula is C35H40F2N4O3. The molecule has 3 aromatic carbocycles. The molecule has 0 aliphatic rings. The lowest BCUT2D eigenvalue weighted by Crippen LogP contribution is -2.36. The second-order valence-electron chi connectivity index (χ2n) is 9.90. The standard InChI is InChI=1S/C34H37F2N3O2.CH3NO/c1-7-10-30(20-37-6)38-24(5)34(41)39(32(8-2)31-12-9-11-22(3)23(31)4)21-25-17-27(19-29(36)18-25)33(40)26-13-15-28(35)16-14-26;2-1-3/h8-19,37-38H,5,7,20-21H2,1-4,6H3;1H,(H2,2,3)/b30-10?,32-8-;. The number of benzene rings is 3. The molecule has 0 heterocycles. The van der Waals surface area contributed by atoms with Crippen LogP contribution in [-0.4, -0.2) is 36.6 Å². The van der Waals surface area contributed by atoms with E-state index < -0.39 is 23.3 Å². The summed E-state index contributed by atoms with van der Waals surface area (Å²) in [6, 6.07) is 15.0. The fourth-order valence-corrected chi connectivity index (χ4v) is 4.59. The van der Waals surface area contributed by atoms with Crippen molar-refractivity contribution in [2.75, 3.05) is 13.6 Å². The number of carbonyl (C=O) groups excluding carboxylic acids is 3. The maximum Gasteiger partial charge on any atom is 0.274 e. The molecule has 44 heavy (non-hydrogen) atoms. The number of nitrogens with two attached hydrogens (primary N) is 1. The van der Waals surface area contributed by atoms with Crippen molar-refractivity contribution in [3.63, 3.8) is 0 Å². The number of carbonyl (C=O) groups is 3. The van der Waals surface area contributed by atoms with Gasteiger partial charge in [0.15, 0.2) is 5.78 Å². The van der Waals surface area contributed by atoms with Crippen molar-refractivity contribution >= 4 is 23.8 Å². The largest absolute Gasteiger partial charge is 0.372 e. The van der Waals surface area contributed by atoms with Crippen molar-refractivity contribution in [3.05, 3.63) is 136 Å². The van der Waals surface area contributed by atoms with Crippen LogP contribution in [0.1, 0.15) is 58.4 Å². The van der Waals surface area contributed by atoms with Gasteiger partial charge in [-0.3, -0.25) is 14.4 Å². The minimum absolute atomic E-state index is 0.0209. The summed E-state index contributed by atoms with van der Waals surface area (Å²) in [5, 5.41) is 6.21. The van der Waals surface area contributed by atoms with E-state index in [0.717, 1.165) is 34.9 Å². The van der Waals surface area contributed by atoms with Gasteiger partial charge in [-0.1, -0.05) is 43.9 Å². The number of likely N-dealkylation sites (N-methyl/N-ethyl adjacent to an activating group) is 1. The zero-order chi connectivity index (χ0) is 32.8. The zero-order valence-electron chi connectivity index (χ0n) is 25.8. The highest BCUT2D eigenvalue weighted by atomic mass is 19.1. The molecule has 2 amide bonds. The van der Waals surface area contributed by atoms with Crippen LogP contribution in [0.5, 0.6) is 0 Å². The average Bonchev–Trinajstić information content (AvgIpc) is 2.99. The molecule has 0 radical (unpaired) electrons. The molecule has 0 fully saturated rings. The molecule has 9 heteroatoms. The summed E-state index contributed by atoms with van der Waals surface area (Å²) in [7, 11) is 1.81. The molecule has 7 nitrogen and oxygen atoms in total. The molecule has 0 atom stereocenters. The average molecular weight is 603 g/mol. The number of hydrogen-bond acceptors (Lipinski definition) is 5. The van der Waals surface area contributed by atoms with Gasteiger partial charge in [0.2, 0.25) is 6.41 Å². The Balaban J connectivity index is 0.00000216. The van der Waals surface area contributed by atoms with Gasteiger partial charge in [-0.05, 0) is 93.4 Å². The van der Waals surface area contributed by atoms with Crippen LogP contribution in [0, 0.1) is 25.5 Å². The smallest absolute Gasteiger partial charge is 0.274 e. The number of primary amides is 1. The van der Waals surface area contributed by atoms with E-state index >= 15 is 0 Å². The summed E-state index contributed by atoms with van der Waals surface area (Å²) in [5.41, 5.74) is 9.43. The lowest BCUT2D eigenvalue weighted by atomic mass is 9.98. The van der Waals surface area contributed by atoms with Crippen LogP contribution in [-0.2, 0) is 16.1 Å². The molecule has 0 saturated heterocycles. The molecule has 0 aromatic heterocycles. The van der Waals surface area contributed by atoms with Gasteiger partial charge in [-0.2, -0.15) is 0 Å². The van der Waals surface area contributed by atoms with Crippen LogP contribution in [0.2, 0.25) is 0 Å². The van der Waals surface area contributed by atoms with Crippen molar-refractivity contribution in [3.8, 4) is 0 Å². The van der Waals surface area contributed by atoms with Crippen LogP contribution in [0.3, 0.4) is 0 Å². The Bertz CT molecular complexity index is 1550. The Morgan fingerprint density at radius 1 is 1.00 bits per heavy atom. The number of nitrogens with zero attached hydrogens (tertiary/aromatic N) is 1. The number of aryl methyl sites for hydroxylation is 1. The van der Waals surface area contributed by atoms with Crippen LogP contribution in [0.4, 0.5) is 8.78 Å². The summed E-state index contributed by atoms with van der Waals surface area (Å²) in [5.74, 6) is -1.93. The molecular weight excluding hydrogens is 562 g/mol. The van der Waals surface area contributed by atoms with Gasteiger partial charge < -0.3 is 21.3 Å². The number of amides is 2. The molecule has 4 N–H and O–H groups in total. The number of ketones is 1. The topological polar surface area (TPSA) is 105 Å². The van der Waals surface area contributed by atoms with Gasteiger partial charge in [-0.25, -0.2) is 8.78 Å². The fourth-order valence-electron chi connectivity index (χ4n) is 4.59. The maximum absolute atomic E-state index is 14.9.